The molecular weight excluding hydrogens is 393 g/mol. The van der Waals surface area contributed by atoms with Crippen LogP contribution in [0.3, 0.4) is 0 Å². The largest absolute Gasteiger partial charge is 0.339 e. The first-order chi connectivity index (χ1) is 8.19. The molecule has 17 heavy (non-hydrogen) atoms. The topological polar surface area (TPSA) is 48.7 Å². The molecule has 5 heteroatoms. The van der Waals surface area contributed by atoms with Crippen LogP contribution in [0.5, 0.6) is 0 Å². The summed E-state index contributed by atoms with van der Waals surface area (Å²) >= 11 is 5.68. The van der Waals surface area contributed by atoms with Crippen LogP contribution in [-0.2, 0) is 0 Å². The van der Waals surface area contributed by atoms with Crippen molar-refractivity contribution < 1.29 is 0 Å². The van der Waals surface area contributed by atoms with Gasteiger partial charge >= 0.3 is 0 Å². The lowest BCUT2D eigenvalue weighted by atomic mass is 10.3. The van der Waals surface area contributed by atoms with E-state index in [2.05, 4.69) is 48.8 Å². The first kappa shape index (κ1) is 12.3. The van der Waals surface area contributed by atoms with Gasteiger partial charge in [0, 0.05) is 14.2 Å². The molecule has 2 aromatic rings. The fraction of sp³-hybridized carbons (Fsp3) is 0. The molecule has 0 atom stereocenters. The second-order valence-corrected chi connectivity index (χ2v) is 5.37. The third-order valence-electron chi connectivity index (χ3n) is 2.08. The predicted molar refractivity (Wildman–Crippen MR) is 79.1 cm³/mol. The van der Waals surface area contributed by atoms with Gasteiger partial charge in [-0.05, 0) is 52.9 Å². The Labute approximate surface area is 121 Å². The highest BCUT2D eigenvalue weighted by Gasteiger charge is 2.02. The molecule has 0 aliphatic heterocycles. The van der Waals surface area contributed by atoms with E-state index in [1.165, 1.54) is 0 Å². The number of hydrogen-bond acceptors (Lipinski definition) is 3. The minimum atomic E-state index is 0.555. The van der Waals surface area contributed by atoms with Crippen LogP contribution in [-0.4, -0.2) is 4.98 Å². The number of nitriles is 1. The zero-order valence-electron chi connectivity index (χ0n) is 8.61. The predicted octanol–water partition coefficient (Wildman–Crippen LogP) is 4.06. The number of anilines is 2. The van der Waals surface area contributed by atoms with Gasteiger partial charge < -0.3 is 5.32 Å². The first-order valence-electron chi connectivity index (χ1n) is 4.77. The minimum absolute atomic E-state index is 0.555. The zero-order valence-corrected chi connectivity index (χ0v) is 12.4. The summed E-state index contributed by atoms with van der Waals surface area (Å²) in [4.78, 5) is 4.16. The van der Waals surface area contributed by atoms with Crippen molar-refractivity contribution in [1.82, 2.24) is 4.98 Å². The summed E-state index contributed by atoms with van der Waals surface area (Å²) in [6.45, 7) is 0. The van der Waals surface area contributed by atoms with Crippen LogP contribution in [0, 0.1) is 14.9 Å². The Morgan fingerprint density at radius 3 is 2.76 bits per heavy atom. The minimum Gasteiger partial charge on any atom is -0.339 e. The van der Waals surface area contributed by atoms with E-state index in [1.807, 2.05) is 24.3 Å². The summed E-state index contributed by atoms with van der Waals surface area (Å²) in [6.07, 6.45) is 1.55. The van der Waals surface area contributed by atoms with E-state index in [0.29, 0.717) is 5.56 Å². The zero-order chi connectivity index (χ0) is 12.3. The molecule has 0 aliphatic carbocycles. The monoisotopic (exact) mass is 399 g/mol. The van der Waals surface area contributed by atoms with Crippen molar-refractivity contribution in [3.05, 3.63) is 50.1 Å². The van der Waals surface area contributed by atoms with Gasteiger partial charge in [0.1, 0.15) is 11.9 Å². The van der Waals surface area contributed by atoms with Crippen LogP contribution in [0.15, 0.2) is 41.0 Å². The molecule has 1 aromatic heterocycles. The van der Waals surface area contributed by atoms with Crippen LogP contribution in [0.25, 0.3) is 0 Å². The molecule has 0 spiro atoms. The van der Waals surface area contributed by atoms with E-state index in [4.69, 9.17) is 5.26 Å². The molecule has 3 nitrogen and oxygen atoms in total. The number of aromatic nitrogens is 1. The third-order valence-corrected chi connectivity index (χ3v) is 3.52. The summed E-state index contributed by atoms with van der Waals surface area (Å²) in [5.41, 5.74) is 1.54. The average Bonchev–Trinajstić information content (AvgIpc) is 2.35. The lowest BCUT2D eigenvalue weighted by Gasteiger charge is -2.08. The van der Waals surface area contributed by atoms with Gasteiger partial charge in [0.15, 0.2) is 0 Å². The maximum absolute atomic E-state index is 8.68. The summed E-state index contributed by atoms with van der Waals surface area (Å²) in [5, 5.41) is 11.9. The van der Waals surface area contributed by atoms with Gasteiger partial charge in [-0.2, -0.15) is 5.26 Å². The van der Waals surface area contributed by atoms with Gasteiger partial charge in [-0.15, -0.1) is 0 Å². The van der Waals surface area contributed by atoms with Gasteiger partial charge in [0.25, 0.3) is 0 Å². The van der Waals surface area contributed by atoms with Crippen LogP contribution in [0.2, 0.25) is 0 Å². The Bertz CT molecular complexity index is 575. The van der Waals surface area contributed by atoms with Crippen LogP contribution < -0.4 is 5.32 Å². The second kappa shape index (κ2) is 5.47. The number of pyridine rings is 1. The van der Waals surface area contributed by atoms with Crippen molar-refractivity contribution in [3.63, 3.8) is 0 Å². The molecule has 1 N–H and O–H groups in total. The standard InChI is InChI=1S/C12H7BrIN3/c13-9-2-3-10(14)11(5-9)17-12-4-1-8(6-15)7-16-12/h1-5,7H,(H,16,17). The van der Waals surface area contributed by atoms with E-state index >= 15 is 0 Å². The lowest BCUT2D eigenvalue weighted by Crippen LogP contribution is -1.95. The second-order valence-electron chi connectivity index (χ2n) is 3.29. The van der Waals surface area contributed by atoms with E-state index in [-0.39, 0.29) is 0 Å². The number of nitrogens with one attached hydrogen (secondary N) is 1. The highest BCUT2D eigenvalue weighted by atomic mass is 127. The van der Waals surface area contributed by atoms with Crippen LogP contribution in [0.4, 0.5) is 11.5 Å². The van der Waals surface area contributed by atoms with Crippen molar-refractivity contribution in [1.29, 1.82) is 5.26 Å². The van der Waals surface area contributed by atoms with Crippen molar-refractivity contribution >= 4 is 50.0 Å². The Hall–Kier alpha value is -1.13. The molecule has 0 amide bonds. The maximum Gasteiger partial charge on any atom is 0.130 e. The molecular formula is C12H7BrIN3. The molecule has 2 rings (SSSR count). The molecule has 0 unspecified atom stereocenters. The highest BCUT2D eigenvalue weighted by molar-refractivity contribution is 14.1. The number of nitrogens with zero attached hydrogens (tertiary/aromatic N) is 2. The Balaban J connectivity index is 2.25. The SMILES string of the molecule is N#Cc1ccc(Nc2cc(Br)ccc2I)nc1. The molecule has 0 radical (unpaired) electrons. The number of halogens is 2. The molecule has 0 bridgehead atoms. The summed E-state index contributed by atoms with van der Waals surface area (Å²) in [6, 6.07) is 11.5. The van der Waals surface area contributed by atoms with Crippen molar-refractivity contribution in [2.45, 2.75) is 0 Å². The van der Waals surface area contributed by atoms with Crippen molar-refractivity contribution in [2.24, 2.45) is 0 Å². The normalized spacial score (nSPS) is 9.71. The molecule has 0 saturated carbocycles. The van der Waals surface area contributed by atoms with E-state index < -0.39 is 0 Å². The molecule has 0 saturated heterocycles. The molecule has 1 aromatic carbocycles. The maximum atomic E-state index is 8.68. The third kappa shape index (κ3) is 3.17. The van der Waals surface area contributed by atoms with Gasteiger partial charge in [-0.25, -0.2) is 4.98 Å². The van der Waals surface area contributed by atoms with E-state index in [0.717, 1.165) is 19.5 Å². The van der Waals surface area contributed by atoms with E-state index in [9.17, 15) is 0 Å². The summed E-state index contributed by atoms with van der Waals surface area (Å²) in [7, 11) is 0. The average molecular weight is 400 g/mol. The number of benzene rings is 1. The lowest BCUT2D eigenvalue weighted by molar-refractivity contribution is 1.28. The van der Waals surface area contributed by atoms with E-state index in [1.54, 1.807) is 18.3 Å². The van der Waals surface area contributed by atoms with Gasteiger partial charge in [-0.3, -0.25) is 0 Å². The summed E-state index contributed by atoms with van der Waals surface area (Å²) in [5.74, 6) is 0.722. The fourth-order valence-electron chi connectivity index (χ4n) is 1.27. The number of rotatable bonds is 2. The van der Waals surface area contributed by atoms with Crippen LogP contribution in [0.1, 0.15) is 5.56 Å². The quantitative estimate of drug-likeness (QED) is 0.774. The fourth-order valence-corrected chi connectivity index (χ4v) is 2.10. The molecule has 0 fully saturated rings. The van der Waals surface area contributed by atoms with Crippen molar-refractivity contribution in [2.75, 3.05) is 5.32 Å². The smallest absolute Gasteiger partial charge is 0.130 e. The summed E-state index contributed by atoms with van der Waals surface area (Å²) < 4.78 is 2.12. The number of hydrogen-bond donors (Lipinski definition) is 1. The van der Waals surface area contributed by atoms with Gasteiger partial charge in [0.2, 0.25) is 0 Å². The Morgan fingerprint density at radius 1 is 1.29 bits per heavy atom. The molecule has 0 aliphatic rings. The van der Waals surface area contributed by atoms with Gasteiger partial charge in [-0.1, -0.05) is 15.9 Å². The Morgan fingerprint density at radius 2 is 2.12 bits per heavy atom. The van der Waals surface area contributed by atoms with Crippen LogP contribution >= 0.6 is 38.5 Å². The highest BCUT2D eigenvalue weighted by Crippen LogP contribution is 2.25. The molecule has 84 valence electrons. The Kier molecular flexibility index (Phi) is 3.97. The first-order valence-corrected chi connectivity index (χ1v) is 6.64. The van der Waals surface area contributed by atoms with Gasteiger partial charge in [0.05, 0.1) is 11.3 Å². The van der Waals surface area contributed by atoms with Crippen molar-refractivity contribution in [3.8, 4) is 6.07 Å². The molecule has 1 heterocycles.